The molecule has 2 aromatic heterocycles. The Balaban J connectivity index is 0.000000173. The van der Waals surface area contributed by atoms with Crippen LogP contribution < -0.4 is 35.4 Å². The third-order valence-corrected chi connectivity index (χ3v) is 19.1. The van der Waals surface area contributed by atoms with Crippen molar-refractivity contribution in [2.75, 3.05) is 91.9 Å². The third kappa shape index (κ3) is 17.1. The number of amides is 5. The van der Waals surface area contributed by atoms with Crippen molar-refractivity contribution in [3.8, 4) is 34.4 Å². The van der Waals surface area contributed by atoms with E-state index < -0.39 is 11.3 Å². The lowest BCUT2D eigenvalue weighted by molar-refractivity contribution is -0.135. The molecule has 4 aliphatic rings. The topological polar surface area (TPSA) is 237 Å². The first-order chi connectivity index (χ1) is 51.1. The number of nitrogens with one attached hydrogen (secondary N) is 1. The molecule has 105 heavy (non-hydrogen) atoms. The molecule has 0 radical (unpaired) electrons. The second-order valence-electron chi connectivity index (χ2n) is 25.0. The molecule has 0 bridgehead atoms. The number of aromatic nitrogens is 4. The molecule has 0 saturated carbocycles. The lowest BCUT2D eigenvalue weighted by Crippen LogP contribution is -2.51. The van der Waals surface area contributed by atoms with Crippen LogP contribution in [0.15, 0.2) is 204 Å². The van der Waals surface area contributed by atoms with Gasteiger partial charge < -0.3 is 29.2 Å². The van der Waals surface area contributed by atoms with E-state index >= 15 is 0 Å². The minimum atomic E-state index is -0.523. The van der Waals surface area contributed by atoms with Gasteiger partial charge in [0.15, 0.2) is 13.2 Å². The molecule has 2 unspecified atom stereocenters. The third-order valence-electron chi connectivity index (χ3n) is 18.5. The Hall–Kier alpha value is -10.6. The van der Waals surface area contributed by atoms with Crippen LogP contribution in [0.1, 0.15) is 105 Å². The largest absolute Gasteiger partial charge is 0.492 e. The summed E-state index contributed by atoms with van der Waals surface area (Å²) in [4.78, 5) is 124. The van der Waals surface area contributed by atoms with Gasteiger partial charge in [0, 0.05) is 75.5 Å². The molecule has 5 amide bonds. The fourth-order valence-corrected chi connectivity index (χ4v) is 13.8. The van der Waals surface area contributed by atoms with Crippen LogP contribution in [-0.2, 0) is 9.59 Å². The van der Waals surface area contributed by atoms with Crippen molar-refractivity contribution >= 4 is 91.4 Å². The molecule has 4 aliphatic heterocycles. The highest BCUT2D eigenvalue weighted by molar-refractivity contribution is 6.64. The van der Waals surface area contributed by atoms with E-state index in [1.165, 1.54) is 9.80 Å². The zero-order valence-corrected chi connectivity index (χ0v) is 60.2. The molecule has 1 N–H and O–H groups in total. The summed E-state index contributed by atoms with van der Waals surface area (Å²) in [6, 6.07) is 56.3. The van der Waals surface area contributed by atoms with E-state index in [4.69, 9.17) is 63.7 Å². The van der Waals surface area contributed by atoms with E-state index in [-0.39, 0.29) is 66.5 Å². The number of hydrogen-bond acceptors (Lipinski definition) is 17. The Labute approximate surface area is 621 Å². The van der Waals surface area contributed by atoms with E-state index in [1.807, 2.05) is 98.8 Å². The average Bonchev–Trinajstić information content (AvgIpc) is 1.63. The molecule has 0 spiro atoms. The van der Waals surface area contributed by atoms with Crippen molar-refractivity contribution in [3.05, 3.63) is 259 Å². The highest BCUT2D eigenvalue weighted by Crippen LogP contribution is 2.35. The minimum Gasteiger partial charge on any atom is -0.492 e. The molecule has 6 heterocycles. The number of ether oxygens (including phenoxy) is 4. The maximum absolute atomic E-state index is 14.4. The molecule has 2 fully saturated rings. The molecule has 2 saturated heterocycles. The van der Waals surface area contributed by atoms with Gasteiger partial charge in [-0.2, -0.15) is 0 Å². The van der Waals surface area contributed by atoms with Gasteiger partial charge in [0.05, 0.1) is 80.7 Å². The molecular formula is C80H77Cl3N10O12. The predicted octanol–water partition coefficient (Wildman–Crippen LogP) is 12.1. The van der Waals surface area contributed by atoms with Crippen LogP contribution in [0.2, 0.25) is 10.0 Å². The number of carbonyl (C=O) groups excluding carboxylic acids is 6. The number of carbonyl (C=O) groups is 6. The van der Waals surface area contributed by atoms with E-state index in [1.54, 1.807) is 123 Å². The van der Waals surface area contributed by atoms with E-state index in [0.29, 0.717) is 172 Å². The van der Waals surface area contributed by atoms with Crippen LogP contribution in [0.4, 0.5) is 0 Å². The molecule has 25 heteroatoms. The van der Waals surface area contributed by atoms with Crippen LogP contribution in [0.3, 0.4) is 0 Å². The summed E-state index contributed by atoms with van der Waals surface area (Å²) in [7, 11) is 0. The summed E-state index contributed by atoms with van der Waals surface area (Å²) < 4.78 is 26.0. The summed E-state index contributed by atoms with van der Waals surface area (Å²) in [5.41, 5.74) is 3.75. The summed E-state index contributed by atoms with van der Waals surface area (Å²) in [5.74, 6) is 2.18. The van der Waals surface area contributed by atoms with E-state index in [2.05, 4.69) is 15.1 Å². The van der Waals surface area contributed by atoms with Crippen LogP contribution in [-0.4, -0.2) is 170 Å². The van der Waals surface area contributed by atoms with Crippen molar-refractivity contribution < 1.29 is 47.7 Å². The normalized spacial score (nSPS) is 15.0. The molecule has 8 aromatic carbocycles. The van der Waals surface area contributed by atoms with Crippen LogP contribution in [0.5, 0.6) is 23.0 Å². The average molecular weight is 1480 g/mol. The summed E-state index contributed by atoms with van der Waals surface area (Å²) >= 11 is 16.7. The number of piperazine rings is 2. The van der Waals surface area contributed by atoms with E-state index in [9.17, 15) is 38.4 Å². The molecule has 2 atom stereocenters. The Kier molecular flexibility index (Phi) is 24.6. The molecular weight excluding hydrogens is 1400 g/mol. The summed E-state index contributed by atoms with van der Waals surface area (Å²) in [6.07, 6.45) is 2.10. The zero-order valence-electron chi connectivity index (χ0n) is 57.9. The number of rotatable bonds is 24. The Bertz CT molecular complexity index is 4880. The van der Waals surface area contributed by atoms with Crippen molar-refractivity contribution in [1.82, 2.24) is 48.9 Å². The number of halogens is 3. The molecule has 0 aliphatic carbocycles. The Morgan fingerprint density at radius 1 is 0.448 bits per heavy atom. The lowest BCUT2D eigenvalue weighted by Gasteiger charge is -2.39. The molecule has 10 aromatic rings. The number of imide groups is 2. The van der Waals surface area contributed by atoms with Gasteiger partial charge in [-0.1, -0.05) is 96.0 Å². The zero-order chi connectivity index (χ0) is 73.5. The minimum absolute atomic E-state index is 0.106. The van der Waals surface area contributed by atoms with Gasteiger partial charge >= 0.3 is 0 Å². The Morgan fingerprint density at radius 3 is 1.23 bits per heavy atom. The fraction of sp³-hybridized carbons (Fsp3) is 0.275. The second kappa shape index (κ2) is 34.8. The smallest absolute Gasteiger partial charge is 0.266 e. The number of benzene rings is 8. The summed E-state index contributed by atoms with van der Waals surface area (Å²) in [5, 5.41) is 5.10. The van der Waals surface area contributed by atoms with Gasteiger partial charge in [-0.15, -0.1) is 0 Å². The highest BCUT2D eigenvalue weighted by atomic mass is 35.5. The van der Waals surface area contributed by atoms with E-state index in [0.717, 1.165) is 26.2 Å². The Morgan fingerprint density at radius 2 is 0.819 bits per heavy atom. The van der Waals surface area contributed by atoms with Gasteiger partial charge in [-0.3, -0.25) is 67.1 Å². The van der Waals surface area contributed by atoms with Gasteiger partial charge in [-0.05, 0) is 172 Å². The highest BCUT2D eigenvalue weighted by Gasteiger charge is 2.38. The van der Waals surface area contributed by atoms with Gasteiger partial charge in [-0.25, -0.2) is 9.97 Å². The molecule has 540 valence electrons. The first-order valence-electron chi connectivity index (χ1n) is 34.9. The number of nitrogens with zero attached hydrogens (tertiary/aromatic N) is 9. The van der Waals surface area contributed by atoms with Crippen molar-refractivity contribution in [1.29, 1.82) is 0 Å². The van der Waals surface area contributed by atoms with Gasteiger partial charge in [0.2, 0.25) is 0 Å². The molecule has 22 nitrogen and oxygen atoms in total. The predicted molar refractivity (Wildman–Crippen MR) is 402 cm³/mol. The first kappa shape index (κ1) is 74.1. The maximum atomic E-state index is 14.4. The lowest BCUT2D eigenvalue weighted by atomic mass is 10.1. The standard InChI is InChI=1S/C40H38ClN5O6.C32H33N5O4.C8H6Cl2O2/c1-2-51-35-16-8-7-14-33(35)46-37(42-32-13-6-5-12-31(32)40(46)50)34(15-9-21-45-38(48)29-10-3-4-11-30(29)39(45)49)43-22-24-44(25-23-43)36(47)26-52-28-19-17-27(41)18-20-28;1-2-41-28-16-8-7-14-26(28)37-29(34-25-13-6-5-12-24(25)32(37)40)27(35-20-17-33-18-21-35)15-9-19-36-30(38)22-10-3-4-11-23(22)31(36)39;9-6-1-3-7(4-2-6)12-5-8(10)11/h3-8,10-14,16-20,34H,2,9,15,21-26H2,1H3;3-8,10-14,16,27,33H,2,9,15,17-21H2,1H3;1-4H,5H2. The van der Waals surface area contributed by atoms with Crippen LogP contribution >= 0.6 is 34.8 Å². The summed E-state index contributed by atoms with van der Waals surface area (Å²) in [6.45, 7) is 10.0. The number of para-hydroxylation sites is 6. The van der Waals surface area contributed by atoms with Crippen molar-refractivity contribution in [2.45, 2.75) is 51.6 Å². The van der Waals surface area contributed by atoms with Crippen LogP contribution in [0.25, 0.3) is 33.2 Å². The second-order valence-corrected chi connectivity index (χ2v) is 26.3. The maximum Gasteiger partial charge on any atom is 0.266 e. The fourth-order valence-electron chi connectivity index (χ4n) is 13.5. The SMILES string of the molecule is CCOc1ccccc1-n1c(C(CCCN2C(=O)c3ccccc3C2=O)N2CCN(C(=O)COc3ccc(Cl)cc3)CC2)nc2ccccc2c1=O.CCOc1ccccc1-n1c(C(CCCN2C(=O)c3ccccc3C2=O)N2CCNCC2)nc2ccccc2c1=O.O=C(Cl)COc1ccc(Cl)cc1. The van der Waals surface area contributed by atoms with Gasteiger partial charge in [0.25, 0.3) is 45.9 Å². The number of hydrogen-bond donors (Lipinski definition) is 1. The molecule has 14 rings (SSSR count). The quantitative estimate of drug-likeness (QED) is 0.0437. The monoisotopic (exact) mass is 1470 g/mol. The van der Waals surface area contributed by atoms with Crippen molar-refractivity contribution in [2.24, 2.45) is 0 Å². The van der Waals surface area contributed by atoms with Crippen molar-refractivity contribution in [3.63, 3.8) is 0 Å². The first-order valence-corrected chi connectivity index (χ1v) is 36.0. The number of fused-ring (bicyclic) bond motifs is 4. The van der Waals surface area contributed by atoms with Crippen LogP contribution in [0, 0.1) is 0 Å². The van der Waals surface area contributed by atoms with Gasteiger partial charge in [0.1, 0.15) is 34.6 Å².